The van der Waals surface area contributed by atoms with Gasteiger partial charge in [0.2, 0.25) is 0 Å². The molecule has 4 rings (SSSR count). The van der Waals surface area contributed by atoms with Gasteiger partial charge >= 0.3 is 0 Å². The second-order valence-electron chi connectivity index (χ2n) is 5.43. The zero-order valence-electron chi connectivity index (χ0n) is 12.7. The van der Waals surface area contributed by atoms with Crippen molar-refractivity contribution in [3.63, 3.8) is 0 Å². The molecule has 1 N–H and O–H groups in total. The van der Waals surface area contributed by atoms with Crippen molar-refractivity contribution in [1.29, 1.82) is 0 Å². The van der Waals surface area contributed by atoms with Gasteiger partial charge in [0.15, 0.2) is 0 Å². The van der Waals surface area contributed by atoms with E-state index in [0.717, 1.165) is 46.1 Å². The Morgan fingerprint density at radius 2 is 1.96 bits per heavy atom. The van der Waals surface area contributed by atoms with Crippen LogP contribution in [-0.2, 0) is 12.8 Å². The summed E-state index contributed by atoms with van der Waals surface area (Å²) in [5.74, 6) is 0. The minimum Gasteiger partial charge on any atom is -0.281 e. The van der Waals surface area contributed by atoms with Crippen LogP contribution >= 0.6 is 22.7 Å². The van der Waals surface area contributed by atoms with E-state index in [1.54, 1.807) is 22.7 Å². The Balaban J connectivity index is 1.87. The lowest BCUT2D eigenvalue weighted by Crippen LogP contribution is -1.90. The Morgan fingerprint density at radius 3 is 2.70 bits per heavy atom. The number of aromatic amines is 1. The van der Waals surface area contributed by atoms with Crippen LogP contribution in [-0.4, -0.2) is 20.2 Å². The Hall–Kier alpha value is -2.05. The predicted molar refractivity (Wildman–Crippen MR) is 96.1 cm³/mol. The molecule has 23 heavy (non-hydrogen) atoms. The van der Waals surface area contributed by atoms with Gasteiger partial charge in [0.1, 0.15) is 10.5 Å². The molecule has 4 aromatic rings. The molecular formula is C17H16N4S2. The van der Waals surface area contributed by atoms with Gasteiger partial charge in [0.25, 0.3) is 0 Å². The monoisotopic (exact) mass is 340 g/mol. The van der Waals surface area contributed by atoms with Gasteiger partial charge < -0.3 is 0 Å². The molecule has 0 atom stereocenters. The molecule has 0 radical (unpaired) electrons. The summed E-state index contributed by atoms with van der Waals surface area (Å²) in [7, 11) is 0. The van der Waals surface area contributed by atoms with Crippen molar-refractivity contribution < 1.29 is 0 Å². The molecule has 0 aliphatic heterocycles. The van der Waals surface area contributed by atoms with Crippen LogP contribution in [0.15, 0.2) is 35.3 Å². The maximum atomic E-state index is 4.57. The zero-order valence-corrected chi connectivity index (χ0v) is 14.4. The molecule has 0 unspecified atom stereocenters. The third kappa shape index (κ3) is 2.80. The molecule has 6 heteroatoms. The normalized spacial score (nSPS) is 11.3. The molecule has 116 valence electrons. The quantitative estimate of drug-likeness (QED) is 0.573. The Labute approximate surface area is 142 Å². The molecule has 0 saturated carbocycles. The summed E-state index contributed by atoms with van der Waals surface area (Å²) < 4.78 is 0. The summed E-state index contributed by atoms with van der Waals surface area (Å²) in [5.41, 5.74) is 4.60. The lowest BCUT2D eigenvalue weighted by atomic mass is 10.0. The van der Waals surface area contributed by atoms with Crippen LogP contribution in [0.1, 0.15) is 29.6 Å². The van der Waals surface area contributed by atoms with Crippen molar-refractivity contribution in [2.45, 2.75) is 26.2 Å². The number of hydrogen-bond donors (Lipinski definition) is 1. The Morgan fingerprint density at radius 1 is 1.09 bits per heavy atom. The van der Waals surface area contributed by atoms with Crippen LogP contribution in [0.2, 0.25) is 0 Å². The minimum atomic E-state index is 0.793. The summed E-state index contributed by atoms with van der Waals surface area (Å²) in [6.45, 7) is 2.21. The van der Waals surface area contributed by atoms with Crippen molar-refractivity contribution >= 4 is 33.6 Å². The van der Waals surface area contributed by atoms with Crippen LogP contribution in [0.5, 0.6) is 0 Å². The highest BCUT2D eigenvalue weighted by molar-refractivity contribution is 7.13. The number of benzene rings is 1. The number of H-pyrrole nitrogens is 1. The van der Waals surface area contributed by atoms with Crippen molar-refractivity contribution in [3.05, 3.63) is 51.6 Å². The van der Waals surface area contributed by atoms with Crippen molar-refractivity contribution in [2.24, 2.45) is 0 Å². The summed E-state index contributed by atoms with van der Waals surface area (Å²) in [6, 6.07) is 4.50. The minimum absolute atomic E-state index is 0.793. The fraction of sp³-hybridized carbons (Fsp3) is 0.235. The SMILES string of the molecule is CCCc1cc(-c2nccs2)c2n[nH]c(Cc3nccs3)c2c1. The molecule has 0 spiro atoms. The van der Waals surface area contributed by atoms with Gasteiger partial charge in [0.05, 0.1) is 5.01 Å². The first-order chi connectivity index (χ1) is 11.3. The summed E-state index contributed by atoms with van der Waals surface area (Å²) >= 11 is 3.33. The maximum absolute atomic E-state index is 4.57. The van der Waals surface area contributed by atoms with E-state index in [4.69, 9.17) is 0 Å². The summed E-state index contributed by atoms with van der Waals surface area (Å²) in [5, 5.41) is 15.1. The van der Waals surface area contributed by atoms with Crippen LogP contribution < -0.4 is 0 Å². The van der Waals surface area contributed by atoms with Crippen LogP contribution in [0.4, 0.5) is 0 Å². The van der Waals surface area contributed by atoms with Crippen molar-refractivity contribution in [1.82, 2.24) is 20.2 Å². The average Bonchev–Trinajstić information content (AvgIpc) is 3.29. The summed E-state index contributed by atoms with van der Waals surface area (Å²) in [6.07, 6.45) is 6.68. The maximum Gasteiger partial charge on any atom is 0.125 e. The first-order valence-electron chi connectivity index (χ1n) is 7.63. The van der Waals surface area contributed by atoms with E-state index < -0.39 is 0 Å². The predicted octanol–water partition coefficient (Wildman–Crippen LogP) is 4.69. The third-order valence-electron chi connectivity index (χ3n) is 3.81. The third-order valence-corrected chi connectivity index (χ3v) is 5.40. The van der Waals surface area contributed by atoms with Gasteiger partial charge in [-0.2, -0.15) is 5.10 Å². The van der Waals surface area contributed by atoms with E-state index in [1.165, 1.54) is 10.9 Å². The number of hydrogen-bond acceptors (Lipinski definition) is 5. The van der Waals surface area contributed by atoms with Crippen molar-refractivity contribution in [3.8, 4) is 10.6 Å². The highest BCUT2D eigenvalue weighted by Gasteiger charge is 2.15. The lowest BCUT2D eigenvalue weighted by Gasteiger charge is -2.05. The molecule has 0 bridgehead atoms. The molecule has 0 saturated heterocycles. The molecular weight excluding hydrogens is 324 g/mol. The molecule has 0 fully saturated rings. The van der Waals surface area contributed by atoms with Crippen LogP contribution in [0.3, 0.4) is 0 Å². The Bertz CT molecular complexity index is 908. The second-order valence-corrected chi connectivity index (χ2v) is 7.31. The van der Waals surface area contributed by atoms with Gasteiger partial charge in [0, 0.05) is 46.2 Å². The standard InChI is InChI=1S/C17H16N4S2/c1-2-3-11-8-12-14(10-15-18-4-6-22-15)20-21-16(12)13(9-11)17-19-5-7-23-17/h4-9H,2-3,10H2,1H3,(H,20,21). The lowest BCUT2D eigenvalue weighted by molar-refractivity contribution is 0.923. The van der Waals surface area contributed by atoms with E-state index in [-0.39, 0.29) is 0 Å². The van der Waals surface area contributed by atoms with Crippen molar-refractivity contribution in [2.75, 3.05) is 0 Å². The number of aromatic nitrogens is 4. The second kappa shape index (κ2) is 6.22. The van der Waals surface area contributed by atoms with E-state index >= 15 is 0 Å². The number of nitrogens with one attached hydrogen (secondary N) is 1. The molecule has 0 aliphatic carbocycles. The molecule has 0 amide bonds. The first kappa shape index (κ1) is 14.5. The fourth-order valence-corrected chi connectivity index (χ4v) is 4.09. The van der Waals surface area contributed by atoms with E-state index in [2.05, 4.69) is 39.2 Å². The smallest absolute Gasteiger partial charge is 0.125 e. The van der Waals surface area contributed by atoms with Gasteiger partial charge in [-0.3, -0.25) is 5.10 Å². The Kier molecular flexibility index (Phi) is 3.93. The number of fused-ring (bicyclic) bond motifs is 1. The van der Waals surface area contributed by atoms with E-state index in [1.807, 2.05) is 23.2 Å². The van der Waals surface area contributed by atoms with Gasteiger partial charge in [-0.15, -0.1) is 22.7 Å². The van der Waals surface area contributed by atoms with E-state index in [9.17, 15) is 0 Å². The number of aryl methyl sites for hydroxylation is 1. The zero-order chi connectivity index (χ0) is 15.6. The number of rotatable bonds is 5. The molecule has 3 aromatic heterocycles. The first-order valence-corrected chi connectivity index (χ1v) is 9.39. The van der Waals surface area contributed by atoms with Gasteiger partial charge in [-0.25, -0.2) is 9.97 Å². The van der Waals surface area contributed by atoms with E-state index in [0.29, 0.717) is 0 Å². The van der Waals surface area contributed by atoms with Crippen LogP contribution in [0, 0.1) is 0 Å². The molecule has 0 aliphatic rings. The molecule has 1 aromatic carbocycles. The highest BCUT2D eigenvalue weighted by Crippen LogP contribution is 2.32. The highest BCUT2D eigenvalue weighted by atomic mass is 32.1. The average molecular weight is 340 g/mol. The topological polar surface area (TPSA) is 54.5 Å². The fourth-order valence-electron chi connectivity index (χ4n) is 2.81. The summed E-state index contributed by atoms with van der Waals surface area (Å²) in [4.78, 5) is 8.87. The number of nitrogens with zero attached hydrogens (tertiary/aromatic N) is 3. The molecule has 4 nitrogen and oxygen atoms in total. The van der Waals surface area contributed by atoms with Crippen LogP contribution in [0.25, 0.3) is 21.5 Å². The molecule has 3 heterocycles. The van der Waals surface area contributed by atoms with Gasteiger partial charge in [-0.05, 0) is 24.1 Å². The number of thiazole rings is 2. The largest absolute Gasteiger partial charge is 0.281 e. The van der Waals surface area contributed by atoms with Gasteiger partial charge in [-0.1, -0.05) is 13.3 Å².